The van der Waals surface area contributed by atoms with Crippen LogP contribution >= 0.6 is 0 Å². The minimum absolute atomic E-state index is 0.0639. The predicted molar refractivity (Wildman–Crippen MR) is 93.6 cm³/mol. The van der Waals surface area contributed by atoms with Crippen molar-refractivity contribution in [3.05, 3.63) is 24.0 Å². The number of amides is 2. The van der Waals surface area contributed by atoms with Gasteiger partial charge in [-0.05, 0) is 46.0 Å². The van der Waals surface area contributed by atoms with Gasteiger partial charge in [0.15, 0.2) is 0 Å². The maximum Gasteiger partial charge on any atom is 0.315 e. The number of nitrogens with one attached hydrogen (secondary N) is 2. The number of aryl methyl sites for hydroxylation is 2. The fourth-order valence-electron chi connectivity index (χ4n) is 3.00. The summed E-state index contributed by atoms with van der Waals surface area (Å²) < 4.78 is 2.13. The van der Waals surface area contributed by atoms with Crippen LogP contribution < -0.4 is 10.6 Å². The number of likely N-dealkylation sites (N-methyl/N-ethyl adjacent to an activating group) is 2. The van der Waals surface area contributed by atoms with Crippen LogP contribution in [0.15, 0.2) is 18.3 Å². The van der Waals surface area contributed by atoms with E-state index in [2.05, 4.69) is 71.4 Å². The largest absolute Gasteiger partial charge is 0.354 e. The van der Waals surface area contributed by atoms with Crippen LogP contribution in [0.5, 0.6) is 0 Å². The van der Waals surface area contributed by atoms with Crippen molar-refractivity contribution in [2.24, 2.45) is 7.05 Å². The molecule has 1 saturated heterocycles. The first-order chi connectivity index (χ1) is 11.0. The summed E-state index contributed by atoms with van der Waals surface area (Å²) in [5.74, 6) is 0. The van der Waals surface area contributed by atoms with Crippen LogP contribution in [0.3, 0.4) is 0 Å². The molecule has 6 heteroatoms. The molecule has 2 amide bonds. The molecule has 0 spiro atoms. The van der Waals surface area contributed by atoms with Crippen LogP contribution in [0.25, 0.3) is 0 Å². The number of rotatable bonds is 6. The summed E-state index contributed by atoms with van der Waals surface area (Å²) in [6.45, 7) is 5.90. The van der Waals surface area contributed by atoms with E-state index in [1.165, 1.54) is 5.69 Å². The van der Waals surface area contributed by atoms with Gasteiger partial charge in [0, 0.05) is 57.2 Å². The normalized spacial score (nSPS) is 21.1. The molecular formula is C17H31N5O. The smallest absolute Gasteiger partial charge is 0.315 e. The molecule has 1 aromatic rings. The Balaban J connectivity index is 1.66. The number of carbonyl (C=O) groups is 1. The third-order valence-electron chi connectivity index (χ3n) is 4.74. The van der Waals surface area contributed by atoms with Crippen LogP contribution in [0.4, 0.5) is 4.79 Å². The maximum absolute atomic E-state index is 12.1. The zero-order valence-corrected chi connectivity index (χ0v) is 14.9. The molecule has 1 aliphatic rings. The molecule has 6 nitrogen and oxygen atoms in total. The summed E-state index contributed by atoms with van der Waals surface area (Å²) in [5.41, 5.74) is 1.30. The SMILES string of the molecule is CC(CCc1cccn1C)NC(=O)NCC1CN(C)CCN1C. The molecule has 23 heavy (non-hydrogen) atoms. The molecule has 2 rings (SSSR count). The summed E-state index contributed by atoms with van der Waals surface area (Å²) in [6, 6.07) is 4.67. The number of nitrogens with zero attached hydrogens (tertiary/aromatic N) is 3. The van der Waals surface area contributed by atoms with Gasteiger partial charge >= 0.3 is 6.03 Å². The lowest BCUT2D eigenvalue weighted by atomic mass is 10.1. The second kappa shape index (κ2) is 8.36. The van der Waals surface area contributed by atoms with Gasteiger partial charge in [0.2, 0.25) is 0 Å². The topological polar surface area (TPSA) is 52.5 Å². The van der Waals surface area contributed by atoms with E-state index in [9.17, 15) is 4.79 Å². The summed E-state index contributed by atoms with van der Waals surface area (Å²) in [5, 5.41) is 6.05. The van der Waals surface area contributed by atoms with Crippen molar-refractivity contribution >= 4 is 6.03 Å². The molecule has 0 aromatic carbocycles. The predicted octanol–water partition coefficient (Wildman–Crippen LogP) is 0.891. The second-order valence-electron chi connectivity index (χ2n) is 6.80. The van der Waals surface area contributed by atoms with Gasteiger partial charge in [0.25, 0.3) is 0 Å². The summed E-state index contributed by atoms with van der Waals surface area (Å²) in [7, 11) is 6.31. The molecule has 2 heterocycles. The third-order valence-corrected chi connectivity index (χ3v) is 4.74. The minimum atomic E-state index is -0.0639. The Morgan fingerprint density at radius 1 is 1.35 bits per heavy atom. The van der Waals surface area contributed by atoms with E-state index in [4.69, 9.17) is 0 Å². The lowest BCUT2D eigenvalue weighted by molar-refractivity contribution is 0.114. The van der Waals surface area contributed by atoms with Crippen molar-refractivity contribution in [3.63, 3.8) is 0 Å². The van der Waals surface area contributed by atoms with Gasteiger partial charge < -0.3 is 20.1 Å². The number of piperazine rings is 1. The first-order valence-corrected chi connectivity index (χ1v) is 8.49. The van der Waals surface area contributed by atoms with Gasteiger partial charge in [-0.25, -0.2) is 4.79 Å². The molecule has 2 unspecified atom stereocenters. The van der Waals surface area contributed by atoms with E-state index in [0.29, 0.717) is 12.6 Å². The van der Waals surface area contributed by atoms with E-state index >= 15 is 0 Å². The molecular weight excluding hydrogens is 290 g/mol. The van der Waals surface area contributed by atoms with Crippen LogP contribution in [0.2, 0.25) is 0 Å². The van der Waals surface area contributed by atoms with E-state index in [1.807, 2.05) is 0 Å². The Hall–Kier alpha value is -1.53. The second-order valence-corrected chi connectivity index (χ2v) is 6.80. The lowest BCUT2D eigenvalue weighted by Crippen LogP contribution is -2.55. The van der Waals surface area contributed by atoms with Crippen molar-refractivity contribution in [3.8, 4) is 0 Å². The highest BCUT2D eigenvalue weighted by Gasteiger charge is 2.22. The summed E-state index contributed by atoms with van der Waals surface area (Å²) >= 11 is 0. The van der Waals surface area contributed by atoms with E-state index < -0.39 is 0 Å². The highest BCUT2D eigenvalue weighted by molar-refractivity contribution is 5.74. The molecule has 2 N–H and O–H groups in total. The van der Waals surface area contributed by atoms with Gasteiger partial charge in [-0.3, -0.25) is 4.90 Å². The standard InChI is InChI=1S/C17H31N5O/c1-14(7-8-15-6-5-9-21(15)3)19-17(23)18-12-16-13-20(2)10-11-22(16)4/h5-6,9,14,16H,7-8,10-13H2,1-4H3,(H2,18,19,23). The van der Waals surface area contributed by atoms with E-state index in [1.54, 1.807) is 0 Å². The zero-order chi connectivity index (χ0) is 16.8. The van der Waals surface area contributed by atoms with Crippen molar-refractivity contribution in [2.75, 3.05) is 40.3 Å². The van der Waals surface area contributed by atoms with E-state index in [-0.39, 0.29) is 12.1 Å². The molecule has 1 fully saturated rings. The van der Waals surface area contributed by atoms with Gasteiger partial charge in [-0.1, -0.05) is 0 Å². The highest BCUT2D eigenvalue weighted by atomic mass is 16.2. The molecule has 2 atom stereocenters. The summed E-state index contributed by atoms with van der Waals surface area (Å²) in [4.78, 5) is 16.7. The highest BCUT2D eigenvalue weighted by Crippen LogP contribution is 2.06. The zero-order valence-electron chi connectivity index (χ0n) is 14.9. The van der Waals surface area contributed by atoms with Crippen LogP contribution in [0, 0.1) is 0 Å². The number of hydrogen-bond acceptors (Lipinski definition) is 3. The number of carbonyl (C=O) groups excluding carboxylic acids is 1. The van der Waals surface area contributed by atoms with Gasteiger partial charge in [0.05, 0.1) is 0 Å². The minimum Gasteiger partial charge on any atom is -0.354 e. The van der Waals surface area contributed by atoms with Gasteiger partial charge in [0.1, 0.15) is 0 Å². The first kappa shape index (κ1) is 17.8. The first-order valence-electron chi connectivity index (χ1n) is 8.49. The van der Waals surface area contributed by atoms with Crippen molar-refractivity contribution in [2.45, 2.75) is 31.8 Å². The number of urea groups is 1. The molecule has 0 bridgehead atoms. The Bertz CT molecular complexity index is 501. The Labute approximate surface area is 139 Å². The van der Waals surface area contributed by atoms with Crippen LogP contribution in [0.1, 0.15) is 19.0 Å². The number of aromatic nitrogens is 1. The van der Waals surface area contributed by atoms with Crippen molar-refractivity contribution < 1.29 is 4.79 Å². The fraction of sp³-hybridized carbons (Fsp3) is 0.706. The molecule has 0 saturated carbocycles. The molecule has 1 aromatic heterocycles. The van der Waals surface area contributed by atoms with Gasteiger partial charge in [-0.15, -0.1) is 0 Å². The van der Waals surface area contributed by atoms with Crippen molar-refractivity contribution in [1.29, 1.82) is 0 Å². The average Bonchev–Trinajstić information content (AvgIpc) is 2.91. The van der Waals surface area contributed by atoms with Crippen LogP contribution in [-0.4, -0.2) is 72.8 Å². The fourth-order valence-corrected chi connectivity index (χ4v) is 3.00. The van der Waals surface area contributed by atoms with E-state index in [0.717, 1.165) is 32.5 Å². The van der Waals surface area contributed by atoms with Gasteiger partial charge in [-0.2, -0.15) is 0 Å². The molecule has 0 radical (unpaired) electrons. The average molecular weight is 321 g/mol. The third kappa shape index (κ3) is 5.55. The number of hydrogen-bond donors (Lipinski definition) is 2. The Kier molecular flexibility index (Phi) is 6.47. The summed E-state index contributed by atoms with van der Waals surface area (Å²) in [6.07, 6.45) is 3.97. The van der Waals surface area contributed by atoms with Crippen molar-refractivity contribution in [1.82, 2.24) is 25.0 Å². The Morgan fingerprint density at radius 2 is 2.13 bits per heavy atom. The Morgan fingerprint density at radius 3 is 2.83 bits per heavy atom. The quantitative estimate of drug-likeness (QED) is 0.818. The van der Waals surface area contributed by atoms with Crippen LogP contribution in [-0.2, 0) is 13.5 Å². The lowest BCUT2D eigenvalue weighted by Gasteiger charge is -2.37. The molecule has 1 aliphatic heterocycles. The monoisotopic (exact) mass is 321 g/mol. The molecule has 130 valence electrons. The maximum atomic E-state index is 12.1. The molecule has 0 aliphatic carbocycles.